The van der Waals surface area contributed by atoms with Crippen LogP contribution in [0.15, 0.2) is 12.1 Å². The van der Waals surface area contributed by atoms with Gasteiger partial charge in [0.2, 0.25) is 0 Å². The zero-order valence-corrected chi connectivity index (χ0v) is 13.1. The van der Waals surface area contributed by atoms with Crippen LogP contribution in [0.2, 0.25) is 0 Å². The Labute approximate surface area is 123 Å². The summed E-state index contributed by atoms with van der Waals surface area (Å²) in [6.07, 6.45) is 3.83. The number of aryl methyl sites for hydroxylation is 2. The Morgan fingerprint density at radius 2 is 2.05 bits per heavy atom. The van der Waals surface area contributed by atoms with E-state index in [2.05, 4.69) is 38.2 Å². The van der Waals surface area contributed by atoms with Crippen molar-refractivity contribution >= 4 is 12.4 Å². The Hall–Kier alpha value is -0.730. The van der Waals surface area contributed by atoms with E-state index in [1.54, 1.807) is 0 Å². The molecule has 19 heavy (non-hydrogen) atoms. The van der Waals surface area contributed by atoms with Gasteiger partial charge in [0.1, 0.15) is 5.75 Å². The SMILES string of the molecule is Cc1cc(C)c(C)c(OCCC2CCCNC2)c1.Cl. The molecule has 2 nitrogen and oxygen atoms in total. The van der Waals surface area contributed by atoms with E-state index in [1.807, 2.05) is 0 Å². The van der Waals surface area contributed by atoms with Gasteiger partial charge in [0, 0.05) is 0 Å². The van der Waals surface area contributed by atoms with Crippen molar-refractivity contribution in [1.29, 1.82) is 0 Å². The lowest BCUT2D eigenvalue weighted by Crippen LogP contribution is -2.30. The maximum Gasteiger partial charge on any atom is 0.122 e. The molecule has 1 unspecified atom stereocenters. The minimum atomic E-state index is 0. The van der Waals surface area contributed by atoms with Crippen molar-refractivity contribution in [3.8, 4) is 5.75 Å². The Bertz CT molecular complexity index is 400. The number of halogens is 1. The van der Waals surface area contributed by atoms with Crippen LogP contribution < -0.4 is 10.1 Å². The molecule has 1 aromatic rings. The van der Waals surface area contributed by atoms with Gasteiger partial charge in [-0.25, -0.2) is 0 Å². The topological polar surface area (TPSA) is 21.3 Å². The molecule has 0 spiro atoms. The molecule has 0 radical (unpaired) electrons. The second-order valence-corrected chi connectivity index (χ2v) is 5.55. The van der Waals surface area contributed by atoms with Gasteiger partial charge in [-0.2, -0.15) is 0 Å². The van der Waals surface area contributed by atoms with Gasteiger partial charge < -0.3 is 10.1 Å². The van der Waals surface area contributed by atoms with Gasteiger partial charge in [-0.1, -0.05) is 6.07 Å². The molecule has 0 bridgehead atoms. The summed E-state index contributed by atoms with van der Waals surface area (Å²) in [5, 5.41) is 3.46. The summed E-state index contributed by atoms with van der Waals surface area (Å²) in [7, 11) is 0. The third-order valence-corrected chi connectivity index (χ3v) is 3.95. The number of ether oxygens (including phenoxy) is 1. The Morgan fingerprint density at radius 1 is 1.26 bits per heavy atom. The number of rotatable bonds is 4. The van der Waals surface area contributed by atoms with Crippen LogP contribution >= 0.6 is 12.4 Å². The van der Waals surface area contributed by atoms with E-state index in [0.29, 0.717) is 0 Å². The van der Waals surface area contributed by atoms with Crippen molar-refractivity contribution in [1.82, 2.24) is 5.32 Å². The van der Waals surface area contributed by atoms with Crippen LogP contribution in [0.25, 0.3) is 0 Å². The molecular weight excluding hydrogens is 258 g/mol. The molecule has 1 aromatic carbocycles. The fourth-order valence-corrected chi connectivity index (χ4v) is 2.66. The first kappa shape index (κ1) is 16.3. The van der Waals surface area contributed by atoms with Crippen molar-refractivity contribution < 1.29 is 4.74 Å². The Balaban J connectivity index is 0.00000180. The largest absolute Gasteiger partial charge is 0.493 e. The van der Waals surface area contributed by atoms with Crippen LogP contribution in [0.5, 0.6) is 5.75 Å². The van der Waals surface area contributed by atoms with Gasteiger partial charge in [-0.05, 0) is 81.8 Å². The van der Waals surface area contributed by atoms with Gasteiger partial charge in [0.15, 0.2) is 0 Å². The Kier molecular flexibility index (Phi) is 6.67. The molecule has 1 aliphatic heterocycles. The highest BCUT2D eigenvalue weighted by Crippen LogP contribution is 2.24. The summed E-state index contributed by atoms with van der Waals surface area (Å²) < 4.78 is 5.97. The van der Waals surface area contributed by atoms with Crippen LogP contribution in [-0.2, 0) is 0 Å². The summed E-state index contributed by atoms with van der Waals surface area (Å²) in [5.41, 5.74) is 3.89. The maximum atomic E-state index is 5.97. The van der Waals surface area contributed by atoms with Crippen LogP contribution in [0, 0.1) is 26.7 Å². The number of hydrogen-bond donors (Lipinski definition) is 1. The fourth-order valence-electron chi connectivity index (χ4n) is 2.66. The number of hydrogen-bond acceptors (Lipinski definition) is 2. The van der Waals surface area contributed by atoms with E-state index < -0.39 is 0 Å². The summed E-state index contributed by atoms with van der Waals surface area (Å²) in [4.78, 5) is 0. The van der Waals surface area contributed by atoms with Crippen LogP contribution in [0.3, 0.4) is 0 Å². The molecule has 108 valence electrons. The van der Waals surface area contributed by atoms with Crippen LogP contribution in [0.1, 0.15) is 36.0 Å². The highest BCUT2D eigenvalue weighted by atomic mass is 35.5. The average molecular weight is 284 g/mol. The van der Waals surface area contributed by atoms with E-state index in [1.165, 1.54) is 42.5 Å². The van der Waals surface area contributed by atoms with Crippen molar-refractivity contribution in [2.24, 2.45) is 5.92 Å². The predicted octanol–water partition coefficient (Wildman–Crippen LogP) is 3.80. The minimum absolute atomic E-state index is 0. The van der Waals surface area contributed by atoms with Gasteiger partial charge in [0.25, 0.3) is 0 Å². The Morgan fingerprint density at radius 3 is 2.74 bits per heavy atom. The quantitative estimate of drug-likeness (QED) is 0.907. The third kappa shape index (κ3) is 4.70. The van der Waals surface area contributed by atoms with Crippen molar-refractivity contribution in [3.63, 3.8) is 0 Å². The summed E-state index contributed by atoms with van der Waals surface area (Å²) in [6, 6.07) is 4.37. The van der Waals surface area contributed by atoms with E-state index in [0.717, 1.165) is 24.8 Å². The van der Waals surface area contributed by atoms with Gasteiger partial charge >= 0.3 is 0 Å². The zero-order chi connectivity index (χ0) is 13.0. The second-order valence-electron chi connectivity index (χ2n) is 5.55. The molecule has 0 aromatic heterocycles. The first-order chi connectivity index (χ1) is 8.66. The minimum Gasteiger partial charge on any atom is -0.493 e. The molecule has 1 atom stereocenters. The van der Waals surface area contributed by atoms with E-state index in [-0.39, 0.29) is 12.4 Å². The highest BCUT2D eigenvalue weighted by molar-refractivity contribution is 5.85. The fraction of sp³-hybridized carbons (Fsp3) is 0.625. The van der Waals surface area contributed by atoms with Gasteiger partial charge in [-0.3, -0.25) is 0 Å². The van der Waals surface area contributed by atoms with Crippen molar-refractivity contribution in [2.75, 3.05) is 19.7 Å². The molecule has 0 saturated carbocycles. The summed E-state index contributed by atoms with van der Waals surface area (Å²) >= 11 is 0. The lowest BCUT2D eigenvalue weighted by Gasteiger charge is -2.23. The van der Waals surface area contributed by atoms with Crippen molar-refractivity contribution in [2.45, 2.75) is 40.0 Å². The lowest BCUT2D eigenvalue weighted by molar-refractivity contribution is 0.253. The lowest BCUT2D eigenvalue weighted by atomic mass is 9.97. The first-order valence-corrected chi connectivity index (χ1v) is 7.08. The monoisotopic (exact) mass is 283 g/mol. The molecular formula is C16H26ClNO. The third-order valence-electron chi connectivity index (χ3n) is 3.95. The molecule has 0 amide bonds. The van der Waals surface area contributed by atoms with Crippen LogP contribution in [-0.4, -0.2) is 19.7 Å². The van der Waals surface area contributed by atoms with Gasteiger partial charge in [-0.15, -0.1) is 12.4 Å². The molecule has 1 aliphatic rings. The number of benzene rings is 1. The molecule has 1 saturated heterocycles. The van der Waals surface area contributed by atoms with Crippen molar-refractivity contribution in [3.05, 3.63) is 28.8 Å². The number of piperidine rings is 1. The highest BCUT2D eigenvalue weighted by Gasteiger charge is 2.13. The van der Waals surface area contributed by atoms with E-state index in [9.17, 15) is 0 Å². The second kappa shape index (κ2) is 7.76. The maximum absolute atomic E-state index is 5.97. The molecule has 1 heterocycles. The molecule has 0 aliphatic carbocycles. The molecule has 1 N–H and O–H groups in total. The smallest absolute Gasteiger partial charge is 0.122 e. The normalized spacial score (nSPS) is 18.8. The van der Waals surface area contributed by atoms with Crippen LogP contribution in [0.4, 0.5) is 0 Å². The molecule has 1 fully saturated rings. The van der Waals surface area contributed by atoms with E-state index >= 15 is 0 Å². The first-order valence-electron chi connectivity index (χ1n) is 7.08. The molecule has 3 heteroatoms. The summed E-state index contributed by atoms with van der Waals surface area (Å²) in [6.45, 7) is 9.62. The standard InChI is InChI=1S/C16H25NO.ClH/c1-12-9-13(2)14(3)16(10-12)18-8-6-15-5-4-7-17-11-15;/h9-10,15,17H,4-8,11H2,1-3H3;1H. The zero-order valence-electron chi connectivity index (χ0n) is 12.3. The number of nitrogens with one attached hydrogen (secondary N) is 1. The predicted molar refractivity (Wildman–Crippen MR) is 83.6 cm³/mol. The average Bonchev–Trinajstić information content (AvgIpc) is 2.36. The van der Waals surface area contributed by atoms with E-state index in [4.69, 9.17) is 4.74 Å². The molecule has 2 rings (SSSR count). The van der Waals surface area contributed by atoms with Gasteiger partial charge in [0.05, 0.1) is 6.61 Å². The summed E-state index contributed by atoms with van der Waals surface area (Å²) in [5.74, 6) is 1.86.